The average Bonchev–Trinajstić information content (AvgIpc) is 2.34. The zero-order chi connectivity index (χ0) is 14.5. The third-order valence-electron chi connectivity index (χ3n) is 2.87. The van der Waals surface area contributed by atoms with E-state index in [1.807, 2.05) is 6.92 Å². The molecule has 0 bridgehead atoms. The fourth-order valence-corrected chi connectivity index (χ4v) is 3.03. The summed E-state index contributed by atoms with van der Waals surface area (Å²) in [4.78, 5) is 0.235. The summed E-state index contributed by atoms with van der Waals surface area (Å²) >= 11 is 6.07. The van der Waals surface area contributed by atoms with Gasteiger partial charge in [-0.1, -0.05) is 24.6 Å². The van der Waals surface area contributed by atoms with Crippen LogP contribution in [0.5, 0.6) is 0 Å². The molecule has 0 aromatic heterocycles. The van der Waals surface area contributed by atoms with Crippen LogP contribution in [0.3, 0.4) is 0 Å². The second kappa shape index (κ2) is 6.90. The summed E-state index contributed by atoms with van der Waals surface area (Å²) in [6.07, 6.45) is 2.34. The number of nitrogens with one attached hydrogen (secondary N) is 1. The van der Waals surface area contributed by atoms with Gasteiger partial charge in [0.05, 0.1) is 17.4 Å². The monoisotopic (exact) mass is 300 g/mol. The molecule has 1 atom stereocenters. The number of halogens is 1. The summed E-state index contributed by atoms with van der Waals surface area (Å²) in [7, 11) is -3.31. The predicted octanol–water partition coefficient (Wildman–Crippen LogP) is 2.53. The average molecular weight is 301 g/mol. The Morgan fingerprint density at radius 2 is 2.16 bits per heavy atom. The quantitative estimate of drug-likeness (QED) is 0.876. The van der Waals surface area contributed by atoms with Gasteiger partial charge in [0, 0.05) is 29.4 Å². The molecule has 4 nitrogen and oxygen atoms in total. The molecule has 0 heterocycles. The first-order valence-electron chi connectivity index (χ1n) is 5.98. The van der Waals surface area contributed by atoms with Gasteiger partial charge in [-0.3, -0.25) is 0 Å². The van der Waals surface area contributed by atoms with Crippen molar-refractivity contribution in [2.24, 2.45) is 0 Å². The van der Waals surface area contributed by atoms with Crippen LogP contribution in [-0.2, 0) is 16.4 Å². The number of nitrogens with zero attached hydrogens (tertiary/aromatic N) is 1. The van der Waals surface area contributed by atoms with E-state index in [4.69, 9.17) is 16.9 Å². The van der Waals surface area contributed by atoms with Crippen LogP contribution in [0, 0.1) is 11.3 Å². The Morgan fingerprint density at radius 3 is 2.68 bits per heavy atom. The largest absolute Gasteiger partial charge is 0.309 e. The Labute approximate surface area is 119 Å². The third kappa shape index (κ3) is 4.50. The maximum Gasteiger partial charge on any atom is 0.175 e. The molecule has 0 saturated carbocycles. The first-order chi connectivity index (χ1) is 8.90. The van der Waals surface area contributed by atoms with E-state index in [1.165, 1.54) is 0 Å². The molecule has 0 saturated heterocycles. The molecule has 104 valence electrons. The number of sulfone groups is 1. The number of rotatable bonds is 6. The molecule has 0 aliphatic heterocycles. The zero-order valence-corrected chi connectivity index (χ0v) is 12.6. The number of benzene rings is 1. The van der Waals surface area contributed by atoms with Crippen molar-refractivity contribution in [3.8, 4) is 6.07 Å². The molecule has 0 fully saturated rings. The maximum absolute atomic E-state index is 11.7. The molecule has 1 rings (SSSR count). The van der Waals surface area contributed by atoms with Crippen molar-refractivity contribution in [3.05, 3.63) is 28.8 Å². The van der Waals surface area contributed by atoms with Crippen LogP contribution < -0.4 is 5.32 Å². The van der Waals surface area contributed by atoms with Crippen LogP contribution in [-0.4, -0.2) is 20.7 Å². The van der Waals surface area contributed by atoms with Crippen LogP contribution in [0.1, 0.15) is 25.3 Å². The zero-order valence-electron chi connectivity index (χ0n) is 11.0. The van der Waals surface area contributed by atoms with Crippen molar-refractivity contribution >= 4 is 21.4 Å². The van der Waals surface area contributed by atoms with Gasteiger partial charge >= 0.3 is 0 Å². The molecule has 19 heavy (non-hydrogen) atoms. The molecule has 1 aromatic carbocycles. The summed E-state index contributed by atoms with van der Waals surface area (Å²) < 4.78 is 23.4. The Balaban J connectivity index is 2.98. The highest BCUT2D eigenvalue weighted by Gasteiger charge is 2.16. The highest BCUT2D eigenvalue weighted by molar-refractivity contribution is 7.90. The van der Waals surface area contributed by atoms with Gasteiger partial charge in [0.15, 0.2) is 9.84 Å². The number of nitriles is 1. The summed E-state index contributed by atoms with van der Waals surface area (Å²) in [5.74, 6) is 0. The minimum atomic E-state index is -3.31. The minimum absolute atomic E-state index is 0.0358. The molecular weight excluding hydrogens is 284 g/mol. The van der Waals surface area contributed by atoms with Gasteiger partial charge in [-0.15, -0.1) is 0 Å². The maximum atomic E-state index is 11.7. The van der Waals surface area contributed by atoms with Crippen molar-refractivity contribution in [1.82, 2.24) is 5.32 Å². The Bertz CT molecular complexity index is 579. The third-order valence-corrected chi connectivity index (χ3v) is 4.41. The molecule has 1 unspecified atom stereocenters. The van der Waals surface area contributed by atoms with Crippen LogP contribution in [0.2, 0.25) is 5.02 Å². The fraction of sp³-hybridized carbons (Fsp3) is 0.462. The molecule has 0 aliphatic rings. The standard InChI is InChI=1S/C13H17ClN2O2S/c1-3-10(7-8-15)16-9-11-12(14)5-4-6-13(11)19(2,17)18/h4-6,10,16H,3,7,9H2,1-2H3. The lowest BCUT2D eigenvalue weighted by atomic mass is 10.1. The van der Waals surface area contributed by atoms with E-state index >= 15 is 0 Å². The lowest BCUT2D eigenvalue weighted by molar-refractivity contribution is 0.501. The second-order valence-electron chi connectivity index (χ2n) is 4.34. The fourth-order valence-electron chi connectivity index (χ4n) is 1.78. The van der Waals surface area contributed by atoms with Gasteiger partial charge < -0.3 is 5.32 Å². The highest BCUT2D eigenvalue weighted by Crippen LogP contribution is 2.24. The van der Waals surface area contributed by atoms with Crippen molar-refractivity contribution in [2.75, 3.05) is 6.26 Å². The van der Waals surface area contributed by atoms with E-state index in [2.05, 4.69) is 11.4 Å². The van der Waals surface area contributed by atoms with E-state index in [-0.39, 0.29) is 10.9 Å². The molecule has 0 amide bonds. The molecule has 1 aromatic rings. The second-order valence-corrected chi connectivity index (χ2v) is 6.73. The Hall–Kier alpha value is -1.09. The summed E-state index contributed by atoms with van der Waals surface area (Å²) in [5.41, 5.74) is 0.558. The van der Waals surface area contributed by atoms with Crippen LogP contribution >= 0.6 is 11.6 Å². The molecule has 6 heteroatoms. The van der Waals surface area contributed by atoms with Crippen LogP contribution in [0.15, 0.2) is 23.1 Å². The van der Waals surface area contributed by atoms with Crippen molar-refractivity contribution in [2.45, 2.75) is 37.2 Å². The van der Waals surface area contributed by atoms with Gasteiger partial charge in [0.25, 0.3) is 0 Å². The number of hydrogen-bond donors (Lipinski definition) is 1. The highest BCUT2D eigenvalue weighted by atomic mass is 35.5. The van der Waals surface area contributed by atoms with Crippen LogP contribution in [0.4, 0.5) is 0 Å². The first kappa shape index (κ1) is 16.0. The van der Waals surface area contributed by atoms with E-state index in [0.717, 1.165) is 12.7 Å². The predicted molar refractivity (Wildman–Crippen MR) is 75.7 cm³/mol. The van der Waals surface area contributed by atoms with Gasteiger partial charge in [-0.05, 0) is 18.6 Å². The van der Waals surface area contributed by atoms with E-state index in [1.54, 1.807) is 18.2 Å². The molecule has 0 spiro atoms. The molecule has 0 radical (unpaired) electrons. The van der Waals surface area contributed by atoms with Gasteiger partial charge in [0.1, 0.15) is 0 Å². The molecule has 0 aliphatic carbocycles. The normalized spacial score (nSPS) is 12.9. The topological polar surface area (TPSA) is 70.0 Å². The summed E-state index contributed by atoms with van der Waals surface area (Å²) in [6.45, 7) is 2.31. The van der Waals surface area contributed by atoms with E-state index in [9.17, 15) is 8.42 Å². The Kier molecular flexibility index (Phi) is 5.80. The van der Waals surface area contributed by atoms with Crippen molar-refractivity contribution < 1.29 is 8.42 Å². The van der Waals surface area contributed by atoms with Gasteiger partial charge in [0.2, 0.25) is 0 Å². The summed E-state index contributed by atoms with van der Waals surface area (Å²) in [6, 6.07) is 6.97. The smallest absolute Gasteiger partial charge is 0.175 e. The number of hydrogen-bond acceptors (Lipinski definition) is 4. The van der Waals surface area contributed by atoms with Crippen molar-refractivity contribution in [1.29, 1.82) is 5.26 Å². The summed E-state index contributed by atoms with van der Waals surface area (Å²) in [5, 5.41) is 12.3. The first-order valence-corrected chi connectivity index (χ1v) is 8.24. The molecular formula is C13H17ClN2O2S. The van der Waals surface area contributed by atoms with Gasteiger partial charge in [-0.2, -0.15) is 5.26 Å². The minimum Gasteiger partial charge on any atom is -0.309 e. The lowest BCUT2D eigenvalue weighted by Crippen LogP contribution is -2.28. The SMILES string of the molecule is CCC(CC#N)NCc1c(Cl)cccc1S(C)(=O)=O. The van der Waals surface area contributed by atoms with Crippen LogP contribution in [0.25, 0.3) is 0 Å². The Morgan fingerprint density at radius 1 is 1.47 bits per heavy atom. The van der Waals surface area contributed by atoms with E-state index in [0.29, 0.717) is 23.6 Å². The van der Waals surface area contributed by atoms with E-state index < -0.39 is 9.84 Å². The van der Waals surface area contributed by atoms with Crippen molar-refractivity contribution in [3.63, 3.8) is 0 Å². The lowest BCUT2D eigenvalue weighted by Gasteiger charge is -2.16. The molecule has 1 N–H and O–H groups in total. The van der Waals surface area contributed by atoms with Gasteiger partial charge in [-0.25, -0.2) is 8.42 Å².